The topological polar surface area (TPSA) is 117 Å². The second-order valence-electron chi connectivity index (χ2n) is 14.0. The second-order valence-corrected chi connectivity index (χ2v) is 14.4. The molecule has 51 heavy (non-hydrogen) atoms. The van der Waals surface area contributed by atoms with Crippen molar-refractivity contribution in [2.45, 2.75) is 70.1 Å². The van der Waals surface area contributed by atoms with Gasteiger partial charge in [0.15, 0.2) is 0 Å². The monoisotopic (exact) mass is 700 g/mol. The fraction of sp³-hybridized carbons (Fsp3) is 0.317. The van der Waals surface area contributed by atoms with E-state index in [1.807, 2.05) is 18.2 Å². The Labute approximate surface area is 301 Å². The first kappa shape index (κ1) is 33.3. The molecule has 0 saturated carbocycles. The molecule has 8 rings (SSSR count). The molecule has 3 aliphatic rings. The smallest absolute Gasteiger partial charge is 0.262 e. The van der Waals surface area contributed by atoms with E-state index >= 15 is 0 Å². The van der Waals surface area contributed by atoms with E-state index in [1.165, 1.54) is 11.1 Å². The molecular weight excluding hydrogens is 660 g/mol. The predicted molar refractivity (Wildman–Crippen MR) is 201 cm³/mol. The van der Waals surface area contributed by atoms with Gasteiger partial charge in [0, 0.05) is 79.7 Å². The van der Waals surface area contributed by atoms with Gasteiger partial charge in [-0.15, -0.1) is 0 Å². The van der Waals surface area contributed by atoms with Crippen molar-refractivity contribution in [3.63, 3.8) is 0 Å². The Morgan fingerprint density at radius 3 is 2.27 bits per heavy atom. The van der Waals surface area contributed by atoms with Gasteiger partial charge in [-0.05, 0) is 83.7 Å². The Bertz CT molecular complexity index is 2230. The Balaban J connectivity index is 1.01. The van der Waals surface area contributed by atoms with Crippen LogP contribution in [0.1, 0.15) is 60.4 Å². The minimum Gasteiger partial charge on any atom is -0.352 e. The highest BCUT2D eigenvalue weighted by Crippen LogP contribution is 2.41. The zero-order chi connectivity index (χ0) is 35.1. The van der Waals surface area contributed by atoms with Gasteiger partial charge in [-0.3, -0.25) is 18.8 Å². The van der Waals surface area contributed by atoms with Gasteiger partial charge in [-0.2, -0.15) is 0 Å². The molecule has 4 heterocycles. The number of hydrogen-bond acceptors (Lipinski definition) is 6. The fourth-order valence-electron chi connectivity index (χ4n) is 7.93. The number of aryl methyl sites for hydroxylation is 1. The molecule has 0 spiro atoms. The molecule has 3 atom stereocenters. The third-order valence-electron chi connectivity index (χ3n) is 10.7. The van der Waals surface area contributed by atoms with Gasteiger partial charge >= 0.3 is 0 Å². The summed E-state index contributed by atoms with van der Waals surface area (Å²) in [7, 11) is 0. The lowest BCUT2D eigenvalue weighted by atomic mass is 9.91. The van der Waals surface area contributed by atoms with Crippen LogP contribution in [0.5, 0.6) is 0 Å². The molecule has 9 nitrogen and oxygen atoms in total. The summed E-state index contributed by atoms with van der Waals surface area (Å²) >= 11 is 7.23. The molecule has 2 aromatic heterocycles. The Morgan fingerprint density at radius 2 is 1.51 bits per heavy atom. The van der Waals surface area contributed by atoms with Crippen LogP contribution in [-0.2, 0) is 22.6 Å². The van der Waals surface area contributed by atoms with Crippen molar-refractivity contribution >= 4 is 29.1 Å². The Kier molecular flexibility index (Phi) is 9.19. The summed E-state index contributed by atoms with van der Waals surface area (Å²) < 4.78 is 1.58. The molecule has 3 aromatic carbocycles. The van der Waals surface area contributed by atoms with Crippen molar-refractivity contribution in [3.05, 3.63) is 117 Å². The molecule has 0 radical (unpaired) electrons. The van der Waals surface area contributed by atoms with E-state index in [0.29, 0.717) is 48.2 Å². The summed E-state index contributed by atoms with van der Waals surface area (Å²) in [5.74, 6) is 0.227. The number of halogens is 1. The first-order chi connectivity index (χ1) is 24.8. The maximum absolute atomic E-state index is 13.3. The minimum atomic E-state index is -0.110. The van der Waals surface area contributed by atoms with Gasteiger partial charge in [0.25, 0.3) is 5.56 Å². The molecule has 0 bridgehead atoms. The van der Waals surface area contributed by atoms with Crippen LogP contribution in [0.2, 0.25) is 5.02 Å². The van der Waals surface area contributed by atoms with Crippen LogP contribution >= 0.6 is 11.6 Å². The Morgan fingerprint density at radius 1 is 0.804 bits per heavy atom. The third-order valence-corrected chi connectivity index (χ3v) is 11.1. The molecule has 4 N–H and O–H groups in total. The van der Waals surface area contributed by atoms with Crippen LogP contribution in [0.4, 0.5) is 0 Å². The van der Waals surface area contributed by atoms with Crippen LogP contribution in [0.25, 0.3) is 39.0 Å². The zero-order valence-corrected chi connectivity index (χ0v) is 29.4. The summed E-state index contributed by atoms with van der Waals surface area (Å²) in [6, 6.07) is 23.7. The van der Waals surface area contributed by atoms with Crippen LogP contribution in [0.15, 0.2) is 83.9 Å². The molecule has 2 amide bonds. The molecule has 2 saturated heterocycles. The maximum atomic E-state index is 13.3. The van der Waals surface area contributed by atoms with E-state index < -0.39 is 0 Å². The quantitative estimate of drug-likeness (QED) is 0.145. The van der Waals surface area contributed by atoms with E-state index in [4.69, 9.17) is 11.6 Å². The third kappa shape index (κ3) is 6.69. The van der Waals surface area contributed by atoms with Crippen molar-refractivity contribution in [2.75, 3.05) is 13.1 Å². The molecule has 2 fully saturated rings. The minimum absolute atomic E-state index is 0.0780. The van der Waals surface area contributed by atoms with Crippen molar-refractivity contribution < 1.29 is 9.59 Å². The van der Waals surface area contributed by atoms with Gasteiger partial charge in [0.2, 0.25) is 11.8 Å². The van der Waals surface area contributed by atoms with E-state index in [-0.39, 0.29) is 29.5 Å². The maximum Gasteiger partial charge on any atom is 0.262 e. The summed E-state index contributed by atoms with van der Waals surface area (Å²) in [6.07, 6.45) is 8.35. The SMILES string of the molecule is Cc1c(-c2ccn3c(=O)c(CNCC4CCC(=O)N4)cnc3c2)cccc1-c1cccc(-c2ccc3c(c2)CC[C@H]3NCC2CCC(=O)N2)c1Cl. The summed E-state index contributed by atoms with van der Waals surface area (Å²) in [4.78, 5) is 41.0. The first-order valence-corrected chi connectivity index (χ1v) is 18.3. The molecule has 1 aliphatic carbocycles. The number of fused-ring (bicyclic) bond motifs is 2. The number of pyridine rings is 1. The van der Waals surface area contributed by atoms with Gasteiger partial charge in [-0.1, -0.05) is 66.2 Å². The number of aromatic nitrogens is 2. The van der Waals surface area contributed by atoms with Crippen LogP contribution in [-0.4, -0.2) is 46.4 Å². The highest BCUT2D eigenvalue weighted by atomic mass is 35.5. The number of benzene rings is 3. The van der Waals surface area contributed by atoms with Gasteiger partial charge < -0.3 is 21.3 Å². The highest BCUT2D eigenvalue weighted by Gasteiger charge is 2.26. The molecule has 260 valence electrons. The van der Waals surface area contributed by atoms with Crippen molar-refractivity contribution in [2.24, 2.45) is 0 Å². The first-order valence-electron chi connectivity index (χ1n) is 17.9. The number of carbonyl (C=O) groups is 2. The van der Waals surface area contributed by atoms with Crippen molar-refractivity contribution in [3.8, 4) is 33.4 Å². The normalized spacial score (nSPS) is 19.8. The van der Waals surface area contributed by atoms with Crippen molar-refractivity contribution in [1.29, 1.82) is 0 Å². The standard InChI is InChI=1S/C41H41ClN6O3/c1-24-31(27-16-17-48-37(19-27)45-21-28(41(48)51)20-43-22-29-10-14-38(49)46-29)4-2-5-32(24)35-7-3-6-34(40(35)42)26-8-12-33-25(18-26)9-13-36(33)44-23-30-11-15-39(50)47-30/h2-8,12,16-19,21,29-30,36,43-44H,9-11,13-15,20,22-23H2,1H3,(H,46,49)(H,47,50)/t29?,30?,36-/m1/s1. The van der Waals surface area contributed by atoms with E-state index in [1.54, 1.807) is 16.8 Å². The summed E-state index contributed by atoms with van der Waals surface area (Å²) in [5.41, 5.74) is 10.9. The van der Waals surface area contributed by atoms with E-state index in [2.05, 4.69) is 81.7 Å². The lowest BCUT2D eigenvalue weighted by Gasteiger charge is -2.18. The van der Waals surface area contributed by atoms with Gasteiger partial charge in [-0.25, -0.2) is 4.98 Å². The highest BCUT2D eigenvalue weighted by molar-refractivity contribution is 6.36. The van der Waals surface area contributed by atoms with Crippen molar-refractivity contribution in [1.82, 2.24) is 30.7 Å². The predicted octanol–water partition coefficient (Wildman–Crippen LogP) is 5.88. The van der Waals surface area contributed by atoms with E-state index in [0.717, 1.165) is 71.2 Å². The lowest BCUT2D eigenvalue weighted by Crippen LogP contribution is -2.36. The number of nitrogens with one attached hydrogen (secondary N) is 4. The van der Waals surface area contributed by atoms with Crippen LogP contribution in [0, 0.1) is 6.92 Å². The lowest BCUT2D eigenvalue weighted by molar-refractivity contribution is -0.120. The van der Waals surface area contributed by atoms with Gasteiger partial charge in [0.05, 0.1) is 5.02 Å². The van der Waals surface area contributed by atoms with Crippen LogP contribution in [0.3, 0.4) is 0 Å². The number of rotatable bonds is 10. The molecule has 2 unspecified atom stereocenters. The second kappa shape index (κ2) is 14.1. The number of amides is 2. The van der Waals surface area contributed by atoms with Crippen LogP contribution < -0.4 is 26.8 Å². The largest absolute Gasteiger partial charge is 0.352 e. The molecule has 10 heteroatoms. The molecule has 5 aromatic rings. The number of carbonyl (C=O) groups excluding carboxylic acids is 2. The fourth-order valence-corrected chi connectivity index (χ4v) is 8.27. The molecular formula is C41H41ClN6O3. The number of nitrogens with zero attached hydrogens (tertiary/aromatic N) is 2. The Hall–Kier alpha value is -4.83. The zero-order valence-electron chi connectivity index (χ0n) is 28.6. The summed E-state index contributed by atoms with van der Waals surface area (Å²) in [5, 5.41) is 13.7. The average molecular weight is 701 g/mol. The summed E-state index contributed by atoms with van der Waals surface area (Å²) in [6.45, 7) is 3.90. The van der Waals surface area contributed by atoms with E-state index in [9.17, 15) is 14.4 Å². The average Bonchev–Trinajstić information content (AvgIpc) is 3.87. The van der Waals surface area contributed by atoms with Gasteiger partial charge in [0.1, 0.15) is 5.65 Å². The molecule has 2 aliphatic heterocycles. The number of hydrogen-bond donors (Lipinski definition) is 4.